The van der Waals surface area contributed by atoms with E-state index in [1.807, 2.05) is 50.5 Å². The second-order valence-electron chi connectivity index (χ2n) is 9.95. The molecule has 1 aliphatic heterocycles. The zero-order chi connectivity index (χ0) is 26.6. The minimum Gasteiger partial charge on any atom is -0.383 e. The summed E-state index contributed by atoms with van der Waals surface area (Å²) in [5, 5.41) is 15.6. The molecule has 2 N–H and O–H groups in total. The Kier molecular flexibility index (Phi) is 7.57. The highest BCUT2D eigenvalue weighted by molar-refractivity contribution is 5.91. The molecule has 0 aliphatic carbocycles. The number of likely N-dealkylation sites (tertiary alicyclic amines) is 1. The Labute approximate surface area is 223 Å². The van der Waals surface area contributed by atoms with Crippen molar-refractivity contribution < 1.29 is 9.53 Å². The molecule has 9 heteroatoms. The molecule has 198 valence electrons. The van der Waals surface area contributed by atoms with Crippen LogP contribution in [0.2, 0.25) is 0 Å². The molecule has 0 saturated carbocycles. The van der Waals surface area contributed by atoms with Crippen LogP contribution >= 0.6 is 0 Å². The Balaban J connectivity index is 1.41. The van der Waals surface area contributed by atoms with Gasteiger partial charge in [0, 0.05) is 57.0 Å². The quantitative estimate of drug-likeness (QED) is 0.370. The van der Waals surface area contributed by atoms with Gasteiger partial charge in [-0.1, -0.05) is 48.0 Å². The van der Waals surface area contributed by atoms with Gasteiger partial charge in [0.1, 0.15) is 11.5 Å². The largest absolute Gasteiger partial charge is 0.383 e. The number of carbonyl (C=O) groups is 1. The molecule has 3 heterocycles. The van der Waals surface area contributed by atoms with E-state index in [-0.39, 0.29) is 18.0 Å². The van der Waals surface area contributed by atoms with E-state index in [0.29, 0.717) is 12.4 Å². The van der Waals surface area contributed by atoms with Gasteiger partial charge in [0.15, 0.2) is 0 Å². The van der Waals surface area contributed by atoms with Crippen LogP contribution in [0.5, 0.6) is 0 Å². The average Bonchev–Trinajstić information content (AvgIpc) is 3.61. The molecule has 0 bridgehead atoms. The van der Waals surface area contributed by atoms with Gasteiger partial charge in [-0.15, -0.1) is 0 Å². The number of hydrogen-bond acceptors (Lipinski definition) is 5. The molecule has 1 fully saturated rings. The van der Waals surface area contributed by atoms with Gasteiger partial charge in [0.2, 0.25) is 0 Å². The summed E-state index contributed by atoms with van der Waals surface area (Å²) < 4.78 is 8.84. The third-order valence-corrected chi connectivity index (χ3v) is 7.16. The third-order valence-electron chi connectivity index (χ3n) is 7.16. The first-order valence-electron chi connectivity index (χ1n) is 12.9. The summed E-state index contributed by atoms with van der Waals surface area (Å²) >= 11 is 0. The first-order valence-corrected chi connectivity index (χ1v) is 12.9. The summed E-state index contributed by atoms with van der Waals surface area (Å²) in [6.45, 7) is 7.17. The van der Waals surface area contributed by atoms with Crippen LogP contribution in [0, 0.1) is 13.8 Å². The van der Waals surface area contributed by atoms with Gasteiger partial charge in [-0.05, 0) is 31.5 Å². The molecular weight excluding hydrogens is 478 g/mol. The number of urea groups is 1. The summed E-state index contributed by atoms with van der Waals surface area (Å²) in [6, 6.07) is 18.1. The lowest BCUT2D eigenvalue weighted by molar-refractivity contribution is 0.159. The molecule has 0 spiro atoms. The Morgan fingerprint density at radius 2 is 1.84 bits per heavy atom. The number of aryl methyl sites for hydroxylation is 2. The van der Waals surface area contributed by atoms with Crippen LogP contribution in [-0.2, 0) is 11.8 Å². The Morgan fingerprint density at radius 3 is 2.53 bits per heavy atom. The Bertz CT molecular complexity index is 1380. The molecule has 38 heavy (non-hydrogen) atoms. The predicted molar refractivity (Wildman–Crippen MR) is 149 cm³/mol. The number of anilines is 1. The standard InChI is InChI=1S/C29H35N7O2/c1-20-10-12-22(13-11-20)25-18-35(14-15-38-4)19-26(25)31-29(37)32-28-21(2)27(23-16-30-34(3)17-23)33-36(28)24-8-6-5-7-9-24/h5-13,16-17,25-26H,14-15,18-19H2,1-4H3,(H2,31,32,37). The van der Waals surface area contributed by atoms with Crippen molar-refractivity contribution in [3.8, 4) is 16.9 Å². The molecule has 2 aromatic carbocycles. The van der Waals surface area contributed by atoms with Crippen molar-refractivity contribution in [3.63, 3.8) is 0 Å². The zero-order valence-electron chi connectivity index (χ0n) is 22.4. The molecule has 2 atom stereocenters. The van der Waals surface area contributed by atoms with E-state index in [4.69, 9.17) is 9.84 Å². The van der Waals surface area contributed by atoms with Gasteiger partial charge in [0.25, 0.3) is 0 Å². The molecule has 5 rings (SSSR count). The molecule has 4 aromatic rings. The first-order chi connectivity index (χ1) is 18.4. The second-order valence-corrected chi connectivity index (χ2v) is 9.95. The fourth-order valence-electron chi connectivity index (χ4n) is 5.11. The van der Waals surface area contributed by atoms with E-state index in [2.05, 4.69) is 51.8 Å². The summed E-state index contributed by atoms with van der Waals surface area (Å²) in [7, 11) is 3.59. The predicted octanol–water partition coefficient (Wildman–Crippen LogP) is 4.13. The maximum absolute atomic E-state index is 13.5. The molecule has 9 nitrogen and oxygen atoms in total. The van der Waals surface area contributed by atoms with Crippen LogP contribution in [0.3, 0.4) is 0 Å². The smallest absolute Gasteiger partial charge is 0.320 e. The van der Waals surface area contributed by atoms with Crippen LogP contribution in [-0.4, -0.2) is 69.9 Å². The zero-order valence-corrected chi connectivity index (χ0v) is 22.4. The van der Waals surface area contributed by atoms with Crippen LogP contribution in [0.1, 0.15) is 22.6 Å². The van der Waals surface area contributed by atoms with Crippen molar-refractivity contribution in [1.82, 2.24) is 29.8 Å². The highest BCUT2D eigenvalue weighted by atomic mass is 16.5. The molecule has 1 aliphatic rings. The van der Waals surface area contributed by atoms with Gasteiger partial charge < -0.3 is 10.1 Å². The SMILES string of the molecule is COCCN1CC(NC(=O)Nc2c(C)c(-c3cnn(C)c3)nn2-c2ccccc2)C(c2ccc(C)cc2)C1. The van der Waals surface area contributed by atoms with E-state index in [9.17, 15) is 4.79 Å². The number of rotatable bonds is 8. The Hall–Kier alpha value is -3.95. The topological polar surface area (TPSA) is 89.2 Å². The molecule has 2 aromatic heterocycles. The molecular formula is C29H35N7O2. The van der Waals surface area contributed by atoms with Gasteiger partial charge in [-0.2, -0.15) is 10.2 Å². The van der Waals surface area contributed by atoms with Gasteiger partial charge in [0.05, 0.1) is 24.5 Å². The van der Waals surface area contributed by atoms with Crippen LogP contribution in [0.15, 0.2) is 67.0 Å². The number of nitrogens with zero attached hydrogens (tertiary/aromatic N) is 5. The summed E-state index contributed by atoms with van der Waals surface area (Å²) in [5.41, 5.74) is 5.86. The first kappa shape index (κ1) is 25.7. The number of carbonyl (C=O) groups excluding carboxylic acids is 1. The normalized spacial score (nSPS) is 17.6. The van der Waals surface area contributed by atoms with E-state index < -0.39 is 0 Å². The van der Waals surface area contributed by atoms with E-state index in [1.165, 1.54) is 11.1 Å². The molecule has 0 radical (unpaired) electrons. The highest BCUT2D eigenvalue weighted by Gasteiger charge is 2.35. The summed E-state index contributed by atoms with van der Waals surface area (Å²) in [4.78, 5) is 15.8. The fraction of sp³-hybridized carbons (Fsp3) is 0.345. The summed E-state index contributed by atoms with van der Waals surface area (Å²) in [6.07, 6.45) is 3.71. The fourth-order valence-corrected chi connectivity index (χ4v) is 5.11. The lowest BCUT2D eigenvalue weighted by atomic mass is 9.94. The van der Waals surface area contributed by atoms with Crippen LogP contribution in [0.25, 0.3) is 16.9 Å². The van der Waals surface area contributed by atoms with Crippen LogP contribution < -0.4 is 10.6 Å². The monoisotopic (exact) mass is 513 g/mol. The number of benzene rings is 2. The lowest BCUT2D eigenvalue weighted by Gasteiger charge is -2.21. The van der Waals surface area contributed by atoms with Crippen molar-refractivity contribution in [2.75, 3.05) is 38.7 Å². The molecule has 1 saturated heterocycles. The van der Waals surface area contributed by atoms with Crippen LogP contribution in [0.4, 0.5) is 10.6 Å². The lowest BCUT2D eigenvalue weighted by Crippen LogP contribution is -2.42. The van der Waals surface area contributed by atoms with Gasteiger partial charge in [-0.25, -0.2) is 9.48 Å². The molecule has 2 amide bonds. The number of para-hydroxylation sites is 1. The van der Waals surface area contributed by atoms with Crippen molar-refractivity contribution in [3.05, 3.63) is 83.7 Å². The number of methoxy groups -OCH3 is 1. The second kappa shape index (κ2) is 11.2. The van der Waals surface area contributed by atoms with Gasteiger partial charge in [-0.3, -0.25) is 14.9 Å². The Morgan fingerprint density at radius 1 is 1.08 bits per heavy atom. The average molecular weight is 514 g/mol. The number of ether oxygens (including phenoxy) is 1. The number of aromatic nitrogens is 4. The number of nitrogens with one attached hydrogen (secondary N) is 2. The van der Waals surface area contributed by atoms with Gasteiger partial charge >= 0.3 is 6.03 Å². The van der Waals surface area contributed by atoms with E-state index >= 15 is 0 Å². The third kappa shape index (κ3) is 5.49. The van der Waals surface area contributed by atoms with Crippen molar-refractivity contribution in [1.29, 1.82) is 0 Å². The maximum Gasteiger partial charge on any atom is 0.320 e. The molecule has 2 unspecified atom stereocenters. The van der Waals surface area contributed by atoms with Crippen molar-refractivity contribution in [2.24, 2.45) is 7.05 Å². The van der Waals surface area contributed by atoms with E-state index in [0.717, 1.165) is 42.1 Å². The number of amides is 2. The maximum atomic E-state index is 13.5. The number of hydrogen-bond donors (Lipinski definition) is 2. The minimum absolute atomic E-state index is 0.0410. The highest BCUT2D eigenvalue weighted by Crippen LogP contribution is 2.31. The van der Waals surface area contributed by atoms with E-state index in [1.54, 1.807) is 22.7 Å². The van der Waals surface area contributed by atoms with Crippen molar-refractivity contribution in [2.45, 2.75) is 25.8 Å². The summed E-state index contributed by atoms with van der Waals surface area (Å²) in [5.74, 6) is 0.818. The van der Waals surface area contributed by atoms with Crippen molar-refractivity contribution >= 4 is 11.8 Å². The minimum atomic E-state index is -0.251.